The van der Waals surface area contributed by atoms with Crippen molar-refractivity contribution in [2.24, 2.45) is 5.92 Å². The van der Waals surface area contributed by atoms with E-state index in [0.717, 1.165) is 31.4 Å². The number of unbranched alkanes of at least 4 members (excludes halogenated alkanes) is 1. The minimum atomic E-state index is 0.0368. The maximum atomic E-state index is 8.91. The summed E-state index contributed by atoms with van der Waals surface area (Å²) in [6.45, 7) is 2.95. The Balaban J connectivity index is 1.59. The van der Waals surface area contributed by atoms with E-state index in [-0.39, 0.29) is 6.61 Å². The Labute approximate surface area is 103 Å². The third kappa shape index (κ3) is 4.13. The summed E-state index contributed by atoms with van der Waals surface area (Å²) in [7, 11) is 0. The van der Waals surface area contributed by atoms with Gasteiger partial charge in [-0.3, -0.25) is 0 Å². The van der Waals surface area contributed by atoms with Crippen LogP contribution in [0, 0.1) is 5.92 Å². The van der Waals surface area contributed by atoms with Gasteiger partial charge in [-0.1, -0.05) is 12.8 Å². The van der Waals surface area contributed by atoms with Gasteiger partial charge in [-0.2, -0.15) is 0 Å². The lowest BCUT2D eigenvalue weighted by Gasteiger charge is -2.21. The van der Waals surface area contributed by atoms with Crippen LogP contribution in [0.4, 0.5) is 0 Å². The normalized spacial score (nSPS) is 17.5. The Morgan fingerprint density at radius 2 is 2.18 bits per heavy atom. The predicted octanol–water partition coefficient (Wildman–Crippen LogP) is 1.97. The van der Waals surface area contributed by atoms with Crippen LogP contribution >= 0.6 is 0 Å². The molecule has 0 spiro atoms. The van der Waals surface area contributed by atoms with E-state index in [0.29, 0.717) is 0 Å². The molecule has 1 aliphatic rings. The van der Waals surface area contributed by atoms with Crippen molar-refractivity contribution < 1.29 is 9.84 Å². The smallest absolute Gasteiger partial charge is 0.0950 e. The number of imidazole rings is 1. The van der Waals surface area contributed by atoms with Crippen LogP contribution in [0.15, 0.2) is 12.5 Å². The molecule has 0 unspecified atom stereocenters. The molecule has 4 nitrogen and oxygen atoms in total. The van der Waals surface area contributed by atoms with Gasteiger partial charge in [-0.25, -0.2) is 4.98 Å². The fraction of sp³-hybridized carbons (Fsp3) is 0.769. The lowest BCUT2D eigenvalue weighted by Crippen LogP contribution is -2.15. The second-order valence-corrected chi connectivity index (χ2v) is 4.81. The molecule has 96 valence electrons. The Kier molecular flexibility index (Phi) is 5.01. The van der Waals surface area contributed by atoms with Crippen LogP contribution in [0.5, 0.6) is 0 Å². The topological polar surface area (TPSA) is 47.3 Å². The number of aromatic nitrogens is 2. The molecular formula is C13H22N2O2. The van der Waals surface area contributed by atoms with Crippen molar-refractivity contribution in [3.8, 4) is 0 Å². The first kappa shape index (κ1) is 12.6. The molecule has 1 aromatic rings. The highest BCUT2D eigenvalue weighted by atomic mass is 16.5. The van der Waals surface area contributed by atoms with Gasteiger partial charge in [-0.05, 0) is 25.2 Å². The Morgan fingerprint density at radius 1 is 1.35 bits per heavy atom. The van der Waals surface area contributed by atoms with Crippen molar-refractivity contribution in [3.63, 3.8) is 0 Å². The molecule has 0 saturated carbocycles. The predicted molar refractivity (Wildman–Crippen MR) is 65.5 cm³/mol. The fourth-order valence-corrected chi connectivity index (χ4v) is 2.37. The van der Waals surface area contributed by atoms with Crippen LogP contribution < -0.4 is 0 Å². The standard InChI is InChI=1S/C13H22N2O2/c16-10-13-9-15(11-14-13)6-2-1-3-12-4-7-17-8-5-12/h9,11-12,16H,1-8,10H2. The summed E-state index contributed by atoms with van der Waals surface area (Å²) < 4.78 is 7.42. The Bertz CT molecular complexity index is 319. The summed E-state index contributed by atoms with van der Waals surface area (Å²) in [5.74, 6) is 0.875. The van der Waals surface area contributed by atoms with Gasteiger partial charge in [0.05, 0.1) is 18.6 Å². The molecule has 17 heavy (non-hydrogen) atoms. The zero-order chi connectivity index (χ0) is 11.9. The number of aryl methyl sites for hydroxylation is 1. The van der Waals surface area contributed by atoms with E-state index in [2.05, 4.69) is 9.55 Å². The van der Waals surface area contributed by atoms with Gasteiger partial charge in [0, 0.05) is 26.0 Å². The van der Waals surface area contributed by atoms with Crippen LogP contribution in [0.3, 0.4) is 0 Å². The summed E-state index contributed by atoms with van der Waals surface area (Å²) >= 11 is 0. The summed E-state index contributed by atoms with van der Waals surface area (Å²) in [5.41, 5.74) is 0.759. The highest BCUT2D eigenvalue weighted by Gasteiger charge is 2.12. The van der Waals surface area contributed by atoms with Gasteiger partial charge in [0.2, 0.25) is 0 Å². The number of hydrogen-bond acceptors (Lipinski definition) is 3. The molecular weight excluding hydrogens is 216 g/mol. The number of ether oxygens (including phenoxy) is 1. The molecule has 1 fully saturated rings. The SMILES string of the molecule is OCc1cn(CCCCC2CCOCC2)cn1. The van der Waals surface area contributed by atoms with Crippen LogP contribution in [0.2, 0.25) is 0 Å². The molecule has 0 atom stereocenters. The number of rotatable bonds is 6. The van der Waals surface area contributed by atoms with Crippen molar-refractivity contribution in [2.75, 3.05) is 13.2 Å². The quantitative estimate of drug-likeness (QED) is 0.771. The van der Waals surface area contributed by atoms with Crippen molar-refractivity contribution in [1.29, 1.82) is 0 Å². The molecule has 0 amide bonds. The molecule has 1 saturated heterocycles. The average molecular weight is 238 g/mol. The number of hydrogen-bond donors (Lipinski definition) is 1. The molecule has 1 aromatic heterocycles. The van der Waals surface area contributed by atoms with Gasteiger partial charge < -0.3 is 14.4 Å². The van der Waals surface area contributed by atoms with Gasteiger partial charge in [-0.15, -0.1) is 0 Å². The van der Waals surface area contributed by atoms with E-state index in [1.165, 1.54) is 32.1 Å². The van der Waals surface area contributed by atoms with Crippen LogP contribution in [0.1, 0.15) is 37.8 Å². The molecule has 0 aliphatic carbocycles. The zero-order valence-corrected chi connectivity index (χ0v) is 10.3. The van der Waals surface area contributed by atoms with Crippen molar-refractivity contribution in [1.82, 2.24) is 9.55 Å². The third-order valence-electron chi connectivity index (χ3n) is 3.47. The second-order valence-electron chi connectivity index (χ2n) is 4.81. The number of aliphatic hydroxyl groups excluding tert-OH is 1. The van der Waals surface area contributed by atoms with E-state index in [4.69, 9.17) is 9.84 Å². The largest absolute Gasteiger partial charge is 0.390 e. The Morgan fingerprint density at radius 3 is 2.88 bits per heavy atom. The van der Waals surface area contributed by atoms with Gasteiger partial charge in [0.15, 0.2) is 0 Å². The molecule has 1 N–H and O–H groups in total. The van der Waals surface area contributed by atoms with Crippen molar-refractivity contribution >= 4 is 0 Å². The fourth-order valence-electron chi connectivity index (χ4n) is 2.37. The number of aliphatic hydroxyl groups is 1. The Hall–Kier alpha value is -0.870. The lowest BCUT2D eigenvalue weighted by atomic mass is 9.94. The molecule has 1 aliphatic heterocycles. The van der Waals surface area contributed by atoms with E-state index >= 15 is 0 Å². The van der Waals surface area contributed by atoms with Gasteiger partial charge in [0.25, 0.3) is 0 Å². The zero-order valence-electron chi connectivity index (χ0n) is 10.3. The van der Waals surface area contributed by atoms with E-state index < -0.39 is 0 Å². The maximum Gasteiger partial charge on any atom is 0.0950 e. The highest BCUT2D eigenvalue weighted by molar-refractivity contribution is 4.93. The minimum absolute atomic E-state index is 0.0368. The third-order valence-corrected chi connectivity index (χ3v) is 3.47. The minimum Gasteiger partial charge on any atom is -0.390 e. The first-order valence-electron chi connectivity index (χ1n) is 6.57. The maximum absolute atomic E-state index is 8.91. The van der Waals surface area contributed by atoms with Crippen molar-refractivity contribution in [2.45, 2.75) is 45.3 Å². The van der Waals surface area contributed by atoms with Gasteiger partial charge >= 0.3 is 0 Å². The summed E-state index contributed by atoms with van der Waals surface area (Å²) in [6, 6.07) is 0. The monoisotopic (exact) mass is 238 g/mol. The lowest BCUT2D eigenvalue weighted by molar-refractivity contribution is 0.0630. The number of nitrogens with zero attached hydrogens (tertiary/aromatic N) is 2. The molecule has 0 bridgehead atoms. The molecule has 0 aromatic carbocycles. The molecule has 0 radical (unpaired) electrons. The molecule has 2 heterocycles. The highest BCUT2D eigenvalue weighted by Crippen LogP contribution is 2.20. The summed E-state index contributed by atoms with van der Waals surface area (Å²) in [4.78, 5) is 4.10. The second kappa shape index (κ2) is 6.77. The van der Waals surface area contributed by atoms with Crippen LogP contribution in [0.25, 0.3) is 0 Å². The van der Waals surface area contributed by atoms with E-state index in [9.17, 15) is 0 Å². The van der Waals surface area contributed by atoms with E-state index in [1.807, 2.05) is 6.20 Å². The first-order valence-corrected chi connectivity index (χ1v) is 6.57. The van der Waals surface area contributed by atoms with Crippen LogP contribution in [-0.4, -0.2) is 27.9 Å². The van der Waals surface area contributed by atoms with Crippen molar-refractivity contribution in [3.05, 3.63) is 18.2 Å². The van der Waals surface area contributed by atoms with E-state index in [1.54, 1.807) is 6.33 Å². The summed E-state index contributed by atoms with van der Waals surface area (Å²) in [6.07, 6.45) is 9.99. The molecule has 4 heteroatoms. The van der Waals surface area contributed by atoms with Crippen LogP contribution in [-0.2, 0) is 17.9 Å². The molecule has 2 rings (SSSR count). The average Bonchev–Trinajstić information content (AvgIpc) is 2.84. The summed E-state index contributed by atoms with van der Waals surface area (Å²) in [5, 5.41) is 8.91. The first-order chi connectivity index (χ1) is 8.38. The van der Waals surface area contributed by atoms with Gasteiger partial charge in [0.1, 0.15) is 0 Å².